The summed E-state index contributed by atoms with van der Waals surface area (Å²) in [5, 5.41) is 9.11. The van der Waals surface area contributed by atoms with Gasteiger partial charge in [0.15, 0.2) is 0 Å². The molecule has 5 heteroatoms. The molecule has 5 nitrogen and oxygen atoms in total. The zero-order valence-electron chi connectivity index (χ0n) is 11.9. The van der Waals surface area contributed by atoms with Crippen LogP contribution in [0.3, 0.4) is 0 Å². The first-order valence-corrected chi connectivity index (χ1v) is 6.73. The minimum absolute atomic E-state index is 0.182. The van der Waals surface area contributed by atoms with Crippen LogP contribution in [0.1, 0.15) is 35.8 Å². The summed E-state index contributed by atoms with van der Waals surface area (Å²) in [7, 11) is 1.36. The Morgan fingerprint density at radius 2 is 2.20 bits per heavy atom. The highest BCUT2D eigenvalue weighted by Crippen LogP contribution is 2.30. The highest BCUT2D eigenvalue weighted by molar-refractivity contribution is 5.88. The standard InChI is InChI=1S/C15H19N3O2/c1-15(11-16)5-7-18(8-6-15)10-13-4-3-12(9-17-13)14(19)20-2/h3-4,9H,5-8,10H2,1-2H3. The Labute approximate surface area is 119 Å². The van der Waals surface area contributed by atoms with E-state index in [9.17, 15) is 4.79 Å². The molecule has 20 heavy (non-hydrogen) atoms. The number of hydrogen-bond donors (Lipinski definition) is 0. The summed E-state index contributed by atoms with van der Waals surface area (Å²) in [4.78, 5) is 17.9. The monoisotopic (exact) mass is 273 g/mol. The molecule has 1 aliphatic heterocycles. The van der Waals surface area contributed by atoms with E-state index in [2.05, 4.69) is 20.7 Å². The number of methoxy groups -OCH3 is 1. The summed E-state index contributed by atoms with van der Waals surface area (Å²) < 4.78 is 4.64. The van der Waals surface area contributed by atoms with Gasteiger partial charge in [0.1, 0.15) is 0 Å². The molecule has 106 valence electrons. The van der Waals surface area contributed by atoms with Crippen molar-refractivity contribution in [1.82, 2.24) is 9.88 Å². The van der Waals surface area contributed by atoms with Crippen molar-refractivity contribution in [2.75, 3.05) is 20.2 Å². The normalized spacial score (nSPS) is 18.2. The zero-order chi connectivity index (χ0) is 14.6. The van der Waals surface area contributed by atoms with Crippen LogP contribution in [0.25, 0.3) is 0 Å². The first kappa shape index (κ1) is 14.5. The molecule has 0 aliphatic carbocycles. The van der Waals surface area contributed by atoms with Crippen LogP contribution in [0.5, 0.6) is 0 Å². The first-order chi connectivity index (χ1) is 9.56. The van der Waals surface area contributed by atoms with Crippen molar-refractivity contribution in [2.45, 2.75) is 26.3 Å². The SMILES string of the molecule is COC(=O)c1ccc(CN2CCC(C)(C#N)CC2)nc1. The molecule has 1 fully saturated rings. The number of carbonyl (C=O) groups is 1. The van der Waals surface area contributed by atoms with Gasteiger partial charge >= 0.3 is 5.97 Å². The van der Waals surface area contributed by atoms with Crippen molar-refractivity contribution in [1.29, 1.82) is 5.26 Å². The summed E-state index contributed by atoms with van der Waals surface area (Å²) >= 11 is 0. The number of piperidine rings is 1. The molecule has 1 aromatic rings. The van der Waals surface area contributed by atoms with E-state index in [1.807, 2.05) is 13.0 Å². The van der Waals surface area contributed by atoms with Crippen molar-refractivity contribution in [2.24, 2.45) is 5.41 Å². The molecule has 0 saturated carbocycles. The van der Waals surface area contributed by atoms with E-state index in [1.54, 1.807) is 12.3 Å². The van der Waals surface area contributed by atoms with Gasteiger partial charge in [-0.15, -0.1) is 0 Å². The molecule has 0 amide bonds. The number of carbonyl (C=O) groups excluding carboxylic acids is 1. The lowest BCUT2D eigenvalue weighted by Gasteiger charge is -2.34. The molecule has 2 heterocycles. The predicted molar refractivity (Wildman–Crippen MR) is 73.8 cm³/mol. The van der Waals surface area contributed by atoms with Crippen LogP contribution in [-0.2, 0) is 11.3 Å². The van der Waals surface area contributed by atoms with E-state index >= 15 is 0 Å². The van der Waals surface area contributed by atoms with E-state index in [0.29, 0.717) is 5.56 Å². The number of aromatic nitrogens is 1. The molecule has 0 bridgehead atoms. The molecule has 0 unspecified atom stereocenters. The number of hydrogen-bond acceptors (Lipinski definition) is 5. The second kappa shape index (κ2) is 6.02. The van der Waals surface area contributed by atoms with Crippen molar-refractivity contribution >= 4 is 5.97 Å². The molecule has 1 saturated heterocycles. The van der Waals surface area contributed by atoms with E-state index in [-0.39, 0.29) is 11.4 Å². The van der Waals surface area contributed by atoms with Crippen molar-refractivity contribution in [3.05, 3.63) is 29.6 Å². The largest absolute Gasteiger partial charge is 0.465 e. The summed E-state index contributed by atoms with van der Waals surface area (Å²) in [6.45, 7) is 4.59. The summed E-state index contributed by atoms with van der Waals surface area (Å²) in [5.74, 6) is -0.369. The van der Waals surface area contributed by atoms with Crippen LogP contribution < -0.4 is 0 Å². The number of esters is 1. The maximum absolute atomic E-state index is 11.3. The fourth-order valence-electron chi connectivity index (χ4n) is 2.30. The average molecular weight is 273 g/mol. The van der Waals surface area contributed by atoms with Crippen LogP contribution in [0.15, 0.2) is 18.3 Å². The second-order valence-electron chi connectivity index (χ2n) is 5.48. The first-order valence-electron chi connectivity index (χ1n) is 6.73. The maximum atomic E-state index is 11.3. The van der Waals surface area contributed by atoms with Crippen molar-refractivity contribution < 1.29 is 9.53 Å². The summed E-state index contributed by atoms with van der Waals surface area (Å²) in [6, 6.07) is 5.98. The molecule has 0 atom stereocenters. The van der Waals surface area contributed by atoms with Gasteiger partial charge in [0, 0.05) is 25.8 Å². The molecule has 0 aromatic carbocycles. The third kappa shape index (κ3) is 3.34. The quantitative estimate of drug-likeness (QED) is 0.788. The third-order valence-electron chi connectivity index (χ3n) is 3.86. The van der Waals surface area contributed by atoms with Gasteiger partial charge < -0.3 is 4.74 Å². The van der Waals surface area contributed by atoms with Gasteiger partial charge in [-0.2, -0.15) is 5.26 Å². The minimum atomic E-state index is -0.369. The highest BCUT2D eigenvalue weighted by atomic mass is 16.5. The van der Waals surface area contributed by atoms with Crippen molar-refractivity contribution in [3.63, 3.8) is 0 Å². The number of nitrogens with zero attached hydrogens (tertiary/aromatic N) is 3. The van der Waals surface area contributed by atoms with E-state index < -0.39 is 0 Å². The molecule has 2 rings (SSSR count). The number of rotatable bonds is 3. The fourth-order valence-corrected chi connectivity index (χ4v) is 2.30. The fraction of sp³-hybridized carbons (Fsp3) is 0.533. The highest BCUT2D eigenvalue weighted by Gasteiger charge is 2.29. The molecule has 1 aromatic heterocycles. The van der Waals surface area contributed by atoms with Gasteiger partial charge in [-0.3, -0.25) is 9.88 Å². The van der Waals surface area contributed by atoms with Gasteiger partial charge in [0.2, 0.25) is 0 Å². The molecular weight excluding hydrogens is 254 g/mol. The zero-order valence-corrected chi connectivity index (χ0v) is 11.9. The lowest BCUT2D eigenvalue weighted by molar-refractivity contribution is 0.0600. The summed E-state index contributed by atoms with van der Waals surface area (Å²) in [6.07, 6.45) is 3.33. The molecule has 0 N–H and O–H groups in total. The third-order valence-corrected chi connectivity index (χ3v) is 3.86. The van der Waals surface area contributed by atoms with Crippen LogP contribution in [-0.4, -0.2) is 36.1 Å². The Balaban J connectivity index is 1.92. The van der Waals surface area contributed by atoms with Gasteiger partial charge in [-0.05, 0) is 31.9 Å². The van der Waals surface area contributed by atoms with E-state index in [4.69, 9.17) is 5.26 Å². The van der Waals surface area contributed by atoms with Crippen molar-refractivity contribution in [3.8, 4) is 6.07 Å². The Morgan fingerprint density at radius 3 is 2.70 bits per heavy atom. The number of pyridine rings is 1. The second-order valence-corrected chi connectivity index (χ2v) is 5.48. The number of likely N-dealkylation sites (tertiary alicyclic amines) is 1. The van der Waals surface area contributed by atoms with Crippen LogP contribution in [0.4, 0.5) is 0 Å². The number of nitriles is 1. The van der Waals surface area contributed by atoms with Crippen LogP contribution in [0, 0.1) is 16.7 Å². The Bertz CT molecular complexity index is 511. The predicted octanol–water partition coefficient (Wildman–Crippen LogP) is 1.99. The Kier molecular flexibility index (Phi) is 4.35. The molecular formula is C15H19N3O2. The van der Waals surface area contributed by atoms with E-state index in [1.165, 1.54) is 7.11 Å². The maximum Gasteiger partial charge on any atom is 0.339 e. The van der Waals surface area contributed by atoms with Crippen LogP contribution >= 0.6 is 0 Å². The van der Waals surface area contributed by atoms with E-state index in [0.717, 1.165) is 38.2 Å². The Hall–Kier alpha value is -1.93. The van der Waals surface area contributed by atoms with Gasteiger partial charge in [-0.25, -0.2) is 4.79 Å². The minimum Gasteiger partial charge on any atom is -0.465 e. The molecule has 1 aliphatic rings. The summed E-state index contributed by atoms with van der Waals surface area (Å²) in [5.41, 5.74) is 1.21. The van der Waals surface area contributed by atoms with Gasteiger partial charge in [0.05, 0.1) is 29.9 Å². The van der Waals surface area contributed by atoms with Gasteiger partial charge in [-0.1, -0.05) is 0 Å². The Morgan fingerprint density at radius 1 is 1.50 bits per heavy atom. The number of ether oxygens (including phenoxy) is 1. The lowest BCUT2D eigenvalue weighted by Crippen LogP contribution is -2.37. The topological polar surface area (TPSA) is 66.2 Å². The molecule has 0 spiro atoms. The van der Waals surface area contributed by atoms with Gasteiger partial charge in [0.25, 0.3) is 0 Å². The molecule has 0 radical (unpaired) electrons. The average Bonchev–Trinajstić information content (AvgIpc) is 2.50. The lowest BCUT2D eigenvalue weighted by atomic mass is 9.82. The smallest absolute Gasteiger partial charge is 0.339 e. The van der Waals surface area contributed by atoms with Crippen LogP contribution in [0.2, 0.25) is 0 Å².